The number of carbonyl (C=O) groups is 1. The van der Waals surface area contributed by atoms with Crippen molar-refractivity contribution in [3.05, 3.63) is 46.6 Å². The van der Waals surface area contributed by atoms with Gasteiger partial charge in [-0.2, -0.15) is 0 Å². The number of hydrogen-bond acceptors (Lipinski definition) is 5. The first-order valence-corrected chi connectivity index (χ1v) is 6.89. The summed E-state index contributed by atoms with van der Waals surface area (Å²) in [7, 11) is 1.34. The minimum atomic E-state index is -0.469. The van der Waals surface area contributed by atoms with Gasteiger partial charge in [-0.15, -0.1) is 11.3 Å². The van der Waals surface area contributed by atoms with Gasteiger partial charge in [0.1, 0.15) is 10.0 Å². The van der Waals surface area contributed by atoms with E-state index >= 15 is 0 Å². The summed E-state index contributed by atoms with van der Waals surface area (Å²) in [6, 6.07) is 10.2. The maximum absolute atomic E-state index is 11.6. The van der Waals surface area contributed by atoms with Crippen LogP contribution in [-0.2, 0) is 10.2 Å². The predicted octanol–water partition coefficient (Wildman–Crippen LogP) is 2.59. The van der Waals surface area contributed by atoms with Crippen molar-refractivity contribution in [2.75, 3.05) is 12.8 Å². The van der Waals surface area contributed by atoms with Gasteiger partial charge in [-0.25, -0.2) is 9.78 Å². The topological polar surface area (TPSA) is 65.2 Å². The maximum Gasteiger partial charge on any atom is 0.359 e. The maximum atomic E-state index is 11.6. The molecular formula is C14H14N2O2S. The molecule has 1 fully saturated rings. The van der Waals surface area contributed by atoms with E-state index in [0.717, 1.165) is 17.8 Å². The summed E-state index contributed by atoms with van der Waals surface area (Å²) in [4.78, 5) is 16.0. The molecule has 4 nitrogen and oxygen atoms in total. The molecule has 98 valence electrons. The number of aromatic nitrogens is 1. The van der Waals surface area contributed by atoms with E-state index in [0.29, 0.717) is 5.00 Å². The third-order valence-electron chi connectivity index (χ3n) is 3.52. The van der Waals surface area contributed by atoms with Gasteiger partial charge in [-0.1, -0.05) is 30.3 Å². The summed E-state index contributed by atoms with van der Waals surface area (Å²) >= 11 is 1.39. The van der Waals surface area contributed by atoms with Crippen LogP contribution >= 0.6 is 11.3 Å². The zero-order valence-electron chi connectivity index (χ0n) is 10.6. The lowest BCUT2D eigenvalue weighted by Crippen LogP contribution is -2.10. The van der Waals surface area contributed by atoms with E-state index in [2.05, 4.69) is 17.1 Å². The molecule has 0 bridgehead atoms. The van der Waals surface area contributed by atoms with Crippen LogP contribution in [0, 0.1) is 0 Å². The lowest BCUT2D eigenvalue weighted by molar-refractivity contribution is 0.0596. The fraction of sp³-hybridized carbons (Fsp3) is 0.286. The molecule has 3 rings (SSSR count). The number of rotatable bonds is 3. The van der Waals surface area contributed by atoms with Gasteiger partial charge in [0.25, 0.3) is 0 Å². The van der Waals surface area contributed by atoms with Gasteiger partial charge < -0.3 is 10.5 Å². The van der Waals surface area contributed by atoms with Gasteiger partial charge in [-0.05, 0) is 18.4 Å². The van der Waals surface area contributed by atoms with Crippen molar-refractivity contribution in [1.29, 1.82) is 0 Å². The molecule has 0 radical (unpaired) electrons. The van der Waals surface area contributed by atoms with E-state index in [4.69, 9.17) is 10.5 Å². The van der Waals surface area contributed by atoms with Crippen LogP contribution in [-0.4, -0.2) is 18.1 Å². The summed E-state index contributed by atoms with van der Waals surface area (Å²) in [5.74, 6) is -0.469. The van der Waals surface area contributed by atoms with Gasteiger partial charge in [-0.3, -0.25) is 0 Å². The Balaban J connectivity index is 2.02. The molecule has 19 heavy (non-hydrogen) atoms. The van der Waals surface area contributed by atoms with Crippen molar-refractivity contribution in [3.8, 4) is 0 Å². The van der Waals surface area contributed by atoms with Crippen molar-refractivity contribution in [1.82, 2.24) is 4.98 Å². The number of nitrogens with two attached hydrogens (primary N) is 1. The zero-order valence-corrected chi connectivity index (χ0v) is 11.4. The second-order valence-electron chi connectivity index (χ2n) is 4.67. The standard InChI is InChI=1S/C14H14N2O2S/c1-18-12(17)10-11(15)19-13(16-10)14(7-8-14)9-5-3-2-4-6-9/h2-6H,7-8,15H2,1H3. The Kier molecular flexibility index (Phi) is 2.78. The first kappa shape index (κ1) is 12.2. The van der Waals surface area contributed by atoms with E-state index in [1.54, 1.807) is 0 Å². The lowest BCUT2D eigenvalue weighted by Gasteiger charge is -2.11. The molecule has 0 amide bonds. The van der Waals surface area contributed by atoms with Crippen molar-refractivity contribution in [2.45, 2.75) is 18.3 Å². The molecule has 0 unspecified atom stereocenters. The van der Waals surface area contributed by atoms with Crippen LogP contribution in [0.4, 0.5) is 5.00 Å². The van der Waals surface area contributed by atoms with Gasteiger partial charge in [0, 0.05) is 5.41 Å². The van der Waals surface area contributed by atoms with Crippen molar-refractivity contribution in [2.24, 2.45) is 0 Å². The second-order valence-corrected chi connectivity index (χ2v) is 5.70. The molecule has 2 aromatic rings. The van der Waals surface area contributed by atoms with Crippen molar-refractivity contribution >= 4 is 22.3 Å². The average Bonchev–Trinajstić information content (AvgIpc) is 3.17. The highest BCUT2D eigenvalue weighted by Gasteiger charge is 2.49. The van der Waals surface area contributed by atoms with Crippen LogP contribution in [0.25, 0.3) is 0 Å². The fourth-order valence-electron chi connectivity index (χ4n) is 2.29. The third kappa shape index (κ3) is 1.90. The molecule has 1 aliphatic carbocycles. The number of nitrogen functional groups attached to an aromatic ring is 1. The molecule has 1 saturated carbocycles. The Morgan fingerprint density at radius 2 is 2.05 bits per heavy atom. The largest absolute Gasteiger partial charge is 0.464 e. The minimum absolute atomic E-state index is 0.0493. The molecule has 2 N–H and O–H groups in total. The quantitative estimate of drug-likeness (QED) is 0.874. The Morgan fingerprint density at radius 1 is 1.37 bits per heavy atom. The highest BCUT2D eigenvalue weighted by Crippen LogP contribution is 2.55. The number of benzene rings is 1. The molecule has 1 aromatic heterocycles. The van der Waals surface area contributed by atoms with Gasteiger partial charge in [0.05, 0.1) is 7.11 Å². The Morgan fingerprint density at radius 3 is 2.63 bits per heavy atom. The molecule has 5 heteroatoms. The van der Waals surface area contributed by atoms with Crippen LogP contribution in [0.3, 0.4) is 0 Å². The molecule has 0 saturated heterocycles. The number of hydrogen-bond donors (Lipinski definition) is 1. The first-order valence-electron chi connectivity index (χ1n) is 6.08. The molecule has 0 aliphatic heterocycles. The van der Waals surface area contributed by atoms with E-state index in [1.807, 2.05) is 18.2 Å². The monoisotopic (exact) mass is 274 g/mol. The molecule has 1 aromatic carbocycles. The Bertz CT molecular complexity index is 618. The van der Waals surface area contributed by atoms with Crippen molar-refractivity contribution in [3.63, 3.8) is 0 Å². The fourth-order valence-corrected chi connectivity index (χ4v) is 3.38. The van der Waals surface area contributed by atoms with Crippen molar-refractivity contribution < 1.29 is 9.53 Å². The average molecular weight is 274 g/mol. The molecular weight excluding hydrogens is 260 g/mol. The smallest absolute Gasteiger partial charge is 0.359 e. The number of methoxy groups -OCH3 is 1. The Labute approximate surface area is 115 Å². The molecule has 1 aliphatic rings. The van der Waals surface area contributed by atoms with Crippen LogP contribution in [0.1, 0.15) is 33.9 Å². The van der Waals surface area contributed by atoms with E-state index in [1.165, 1.54) is 24.0 Å². The normalized spacial score (nSPS) is 16.1. The highest BCUT2D eigenvalue weighted by molar-refractivity contribution is 7.16. The third-order valence-corrected chi connectivity index (χ3v) is 4.61. The number of esters is 1. The predicted molar refractivity (Wildman–Crippen MR) is 74.3 cm³/mol. The van der Waals surface area contributed by atoms with E-state index < -0.39 is 5.97 Å². The van der Waals surface area contributed by atoms with Gasteiger partial charge in [0.2, 0.25) is 0 Å². The van der Waals surface area contributed by atoms with Crippen LogP contribution < -0.4 is 5.73 Å². The number of ether oxygens (including phenoxy) is 1. The van der Waals surface area contributed by atoms with Gasteiger partial charge >= 0.3 is 5.97 Å². The molecule has 1 heterocycles. The first-order chi connectivity index (χ1) is 9.17. The minimum Gasteiger partial charge on any atom is -0.464 e. The summed E-state index contributed by atoms with van der Waals surface area (Å²) in [5.41, 5.74) is 7.30. The summed E-state index contributed by atoms with van der Waals surface area (Å²) in [6.45, 7) is 0. The highest BCUT2D eigenvalue weighted by atomic mass is 32.1. The summed E-state index contributed by atoms with van der Waals surface area (Å²) in [5, 5.41) is 1.35. The number of carbonyl (C=O) groups excluding carboxylic acids is 1. The second kappa shape index (κ2) is 4.35. The Hall–Kier alpha value is -1.88. The SMILES string of the molecule is COC(=O)c1nc(C2(c3ccccc3)CC2)sc1N. The zero-order chi connectivity index (χ0) is 13.5. The molecule has 0 spiro atoms. The molecule has 0 atom stereocenters. The van der Waals surface area contributed by atoms with E-state index in [9.17, 15) is 4.79 Å². The van der Waals surface area contributed by atoms with Gasteiger partial charge in [0.15, 0.2) is 5.69 Å². The van der Waals surface area contributed by atoms with Crippen LogP contribution in [0.2, 0.25) is 0 Å². The summed E-state index contributed by atoms with van der Waals surface area (Å²) < 4.78 is 4.69. The van der Waals surface area contributed by atoms with E-state index in [-0.39, 0.29) is 11.1 Å². The number of anilines is 1. The summed E-state index contributed by atoms with van der Waals surface area (Å²) in [6.07, 6.45) is 2.09. The lowest BCUT2D eigenvalue weighted by atomic mass is 9.97. The van der Waals surface area contributed by atoms with Crippen LogP contribution in [0.15, 0.2) is 30.3 Å². The number of nitrogens with zero attached hydrogens (tertiary/aromatic N) is 1. The number of thiazole rings is 1. The van der Waals surface area contributed by atoms with Crippen LogP contribution in [0.5, 0.6) is 0 Å².